The minimum absolute atomic E-state index is 0.372. The van der Waals surface area contributed by atoms with E-state index >= 15 is 0 Å². The maximum atomic E-state index is 5.05. The molecule has 0 spiro atoms. The Hall–Kier alpha value is -0.480. The van der Waals surface area contributed by atoms with Crippen LogP contribution in [0, 0.1) is 0 Å². The molecule has 1 fully saturated rings. The molecule has 3 nitrogen and oxygen atoms in total. The van der Waals surface area contributed by atoms with Crippen molar-refractivity contribution in [1.82, 2.24) is 10.5 Å². The summed E-state index contributed by atoms with van der Waals surface area (Å²) in [5.41, 5.74) is 0. The standard InChI is InChI=1S/C7H10N2OS/c1-2-9-10-7(1)6-5-11-4-3-8-6/h1-2,6,8H,3-5H2. The molecule has 2 rings (SSSR count). The lowest BCUT2D eigenvalue weighted by molar-refractivity contribution is 0.349. The van der Waals surface area contributed by atoms with Crippen molar-refractivity contribution in [1.29, 1.82) is 0 Å². The predicted octanol–water partition coefficient (Wildman–Crippen LogP) is 1.05. The lowest BCUT2D eigenvalue weighted by Gasteiger charge is -2.20. The van der Waals surface area contributed by atoms with E-state index in [1.54, 1.807) is 6.20 Å². The third-order valence-electron chi connectivity index (χ3n) is 1.72. The summed E-state index contributed by atoms with van der Waals surface area (Å²) in [7, 11) is 0. The minimum atomic E-state index is 0.372. The minimum Gasteiger partial charge on any atom is -0.360 e. The van der Waals surface area contributed by atoms with Crippen LogP contribution in [0.4, 0.5) is 0 Å². The topological polar surface area (TPSA) is 38.1 Å². The first-order valence-electron chi connectivity index (χ1n) is 3.68. The second-order valence-electron chi connectivity index (χ2n) is 2.50. The van der Waals surface area contributed by atoms with Gasteiger partial charge in [-0.2, -0.15) is 11.8 Å². The van der Waals surface area contributed by atoms with Crippen LogP contribution in [0.1, 0.15) is 11.8 Å². The van der Waals surface area contributed by atoms with E-state index in [9.17, 15) is 0 Å². The maximum Gasteiger partial charge on any atom is 0.154 e. The quantitative estimate of drug-likeness (QED) is 0.683. The number of aromatic nitrogens is 1. The van der Waals surface area contributed by atoms with Crippen molar-refractivity contribution >= 4 is 11.8 Å². The Morgan fingerprint density at radius 3 is 3.36 bits per heavy atom. The van der Waals surface area contributed by atoms with Gasteiger partial charge in [-0.1, -0.05) is 5.16 Å². The van der Waals surface area contributed by atoms with E-state index in [4.69, 9.17) is 4.52 Å². The zero-order chi connectivity index (χ0) is 7.52. The lowest BCUT2D eigenvalue weighted by Crippen LogP contribution is -2.29. The van der Waals surface area contributed by atoms with Crippen molar-refractivity contribution in [2.45, 2.75) is 6.04 Å². The van der Waals surface area contributed by atoms with Gasteiger partial charge < -0.3 is 9.84 Å². The Bertz CT molecular complexity index is 206. The normalized spacial score (nSPS) is 25.3. The molecular weight excluding hydrogens is 160 g/mol. The number of nitrogens with one attached hydrogen (secondary N) is 1. The van der Waals surface area contributed by atoms with Crippen LogP contribution in [-0.2, 0) is 0 Å². The summed E-state index contributed by atoms with van der Waals surface area (Å²) >= 11 is 1.95. The molecule has 0 aliphatic carbocycles. The molecule has 1 N–H and O–H groups in total. The van der Waals surface area contributed by atoms with E-state index in [2.05, 4.69) is 10.5 Å². The van der Waals surface area contributed by atoms with E-state index in [-0.39, 0.29) is 0 Å². The Balaban J connectivity index is 2.04. The molecule has 0 aromatic carbocycles. The fourth-order valence-electron chi connectivity index (χ4n) is 1.15. The Kier molecular flexibility index (Phi) is 2.14. The summed E-state index contributed by atoms with van der Waals surface area (Å²) in [6.07, 6.45) is 1.69. The van der Waals surface area contributed by atoms with Gasteiger partial charge in [-0.15, -0.1) is 0 Å². The lowest BCUT2D eigenvalue weighted by atomic mass is 10.2. The van der Waals surface area contributed by atoms with Crippen molar-refractivity contribution in [3.8, 4) is 0 Å². The maximum absolute atomic E-state index is 5.05. The first-order valence-corrected chi connectivity index (χ1v) is 4.84. The molecule has 60 valence electrons. The van der Waals surface area contributed by atoms with E-state index in [0.717, 1.165) is 18.1 Å². The number of hydrogen-bond acceptors (Lipinski definition) is 4. The van der Waals surface area contributed by atoms with E-state index in [1.807, 2.05) is 17.8 Å². The van der Waals surface area contributed by atoms with Gasteiger partial charge in [0.1, 0.15) is 0 Å². The first kappa shape index (κ1) is 7.18. The van der Waals surface area contributed by atoms with Gasteiger partial charge in [0.2, 0.25) is 0 Å². The summed E-state index contributed by atoms with van der Waals surface area (Å²) in [5, 5.41) is 7.04. The fraction of sp³-hybridized carbons (Fsp3) is 0.571. The average molecular weight is 170 g/mol. The average Bonchev–Trinajstić information content (AvgIpc) is 2.58. The first-order chi connectivity index (χ1) is 5.47. The van der Waals surface area contributed by atoms with Crippen LogP contribution in [0.15, 0.2) is 16.8 Å². The van der Waals surface area contributed by atoms with E-state index < -0.39 is 0 Å². The van der Waals surface area contributed by atoms with Gasteiger partial charge in [0, 0.05) is 24.1 Å². The Morgan fingerprint density at radius 2 is 2.73 bits per heavy atom. The summed E-state index contributed by atoms with van der Waals surface area (Å²) in [4.78, 5) is 0. The summed E-state index contributed by atoms with van der Waals surface area (Å²) in [6.45, 7) is 1.07. The molecule has 11 heavy (non-hydrogen) atoms. The van der Waals surface area contributed by atoms with Gasteiger partial charge in [0.05, 0.1) is 12.2 Å². The van der Waals surface area contributed by atoms with Crippen molar-refractivity contribution < 1.29 is 4.52 Å². The van der Waals surface area contributed by atoms with Gasteiger partial charge >= 0.3 is 0 Å². The third-order valence-corrected chi connectivity index (χ3v) is 2.78. The summed E-state index contributed by atoms with van der Waals surface area (Å²) < 4.78 is 5.05. The molecule has 0 amide bonds. The third kappa shape index (κ3) is 1.57. The monoisotopic (exact) mass is 170 g/mol. The predicted molar refractivity (Wildman–Crippen MR) is 44.6 cm³/mol. The van der Waals surface area contributed by atoms with Crippen molar-refractivity contribution in [2.24, 2.45) is 0 Å². The van der Waals surface area contributed by atoms with Crippen LogP contribution in [0.25, 0.3) is 0 Å². The molecule has 0 radical (unpaired) electrons. The molecule has 1 atom stereocenters. The second kappa shape index (κ2) is 3.28. The molecule has 1 saturated heterocycles. The number of hydrogen-bond donors (Lipinski definition) is 1. The Morgan fingerprint density at radius 1 is 1.73 bits per heavy atom. The number of nitrogens with zero attached hydrogens (tertiary/aromatic N) is 1. The largest absolute Gasteiger partial charge is 0.360 e. The molecule has 0 bridgehead atoms. The Labute approximate surface area is 69.5 Å². The molecule has 1 aromatic heterocycles. The highest BCUT2D eigenvalue weighted by molar-refractivity contribution is 7.99. The fourth-order valence-corrected chi connectivity index (χ4v) is 2.10. The van der Waals surface area contributed by atoms with Gasteiger partial charge in [0.15, 0.2) is 5.76 Å². The molecule has 1 aromatic rings. The van der Waals surface area contributed by atoms with E-state index in [0.29, 0.717) is 6.04 Å². The van der Waals surface area contributed by atoms with Crippen LogP contribution in [0.2, 0.25) is 0 Å². The molecule has 4 heteroatoms. The van der Waals surface area contributed by atoms with E-state index in [1.165, 1.54) is 5.75 Å². The molecule has 1 aliphatic rings. The molecular formula is C7H10N2OS. The van der Waals surface area contributed by atoms with Crippen molar-refractivity contribution in [3.63, 3.8) is 0 Å². The van der Waals surface area contributed by atoms with Gasteiger partial charge in [-0.25, -0.2) is 0 Å². The molecule has 1 aliphatic heterocycles. The highest BCUT2D eigenvalue weighted by Crippen LogP contribution is 2.20. The smallest absolute Gasteiger partial charge is 0.154 e. The van der Waals surface area contributed by atoms with Crippen molar-refractivity contribution in [2.75, 3.05) is 18.1 Å². The van der Waals surface area contributed by atoms with Gasteiger partial charge in [0.25, 0.3) is 0 Å². The van der Waals surface area contributed by atoms with Crippen molar-refractivity contribution in [3.05, 3.63) is 18.0 Å². The van der Waals surface area contributed by atoms with Gasteiger partial charge in [-0.3, -0.25) is 0 Å². The molecule has 2 heterocycles. The van der Waals surface area contributed by atoms with Crippen LogP contribution in [0.3, 0.4) is 0 Å². The number of thioether (sulfide) groups is 1. The highest BCUT2D eigenvalue weighted by atomic mass is 32.2. The zero-order valence-electron chi connectivity index (χ0n) is 6.12. The van der Waals surface area contributed by atoms with Crippen LogP contribution in [0.5, 0.6) is 0 Å². The zero-order valence-corrected chi connectivity index (χ0v) is 6.93. The van der Waals surface area contributed by atoms with Crippen LogP contribution in [-0.4, -0.2) is 23.2 Å². The summed E-state index contributed by atoms with van der Waals surface area (Å²) in [6, 6.07) is 2.29. The summed E-state index contributed by atoms with van der Waals surface area (Å²) in [5.74, 6) is 3.25. The SMILES string of the molecule is c1cc(C2CSCCN2)on1. The van der Waals surface area contributed by atoms with Gasteiger partial charge in [-0.05, 0) is 0 Å². The van der Waals surface area contributed by atoms with Crippen LogP contribution >= 0.6 is 11.8 Å². The number of rotatable bonds is 1. The molecule has 1 unspecified atom stereocenters. The highest BCUT2D eigenvalue weighted by Gasteiger charge is 2.17. The van der Waals surface area contributed by atoms with Crippen LogP contribution < -0.4 is 5.32 Å². The molecule has 0 saturated carbocycles. The second-order valence-corrected chi connectivity index (χ2v) is 3.65.